The Hall–Kier alpha value is -1.82. The number of benzene rings is 1. The van der Waals surface area contributed by atoms with Gasteiger partial charge in [0.1, 0.15) is 5.69 Å². The minimum absolute atomic E-state index is 0.0324. The quantitative estimate of drug-likeness (QED) is 0.455. The topological polar surface area (TPSA) is 98.6 Å². The number of nitrogens with zero attached hydrogens (tertiary/aromatic N) is 1. The number of nitro benzene ring substituents is 1. The Bertz CT molecular complexity index is 383. The highest BCUT2D eigenvalue weighted by molar-refractivity contribution is 5.64. The van der Waals surface area contributed by atoms with Gasteiger partial charge in [-0.25, -0.2) is 0 Å². The Morgan fingerprint density at radius 3 is 2.61 bits per heavy atom. The second kappa shape index (κ2) is 6.80. The Labute approximate surface area is 106 Å². The minimum atomic E-state index is -0.718. The molecule has 1 saturated heterocycles. The number of nitro groups is 1. The summed E-state index contributed by atoms with van der Waals surface area (Å²) < 4.78 is 5.18. The lowest BCUT2D eigenvalue weighted by Crippen LogP contribution is -2.13. The van der Waals surface area contributed by atoms with Crippen LogP contribution in [0.15, 0.2) is 18.2 Å². The summed E-state index contributed by atoms with van der Waals surface area (Å²) in [6, 6.07) is 4.02. The minimum Gasteiger partial charge on any atom is -0.502 e. The fraction of sp³-hybridized carbons (Fsp3) is 0.500. The van der Waals surface area contributed by atoms with Crippen molar-refractivity contribution in [2.24, 2.45) is 5.92 Å². The van der Waals surface area contributed by atoms with E-state index in [-0.39, 0.29) is 5.69 Å². The van der Waals surface area contributed by atoms with E-state index in [4.69, 9.17) is 15.6 Å². The smallest absolute Gasteiger partial charge is 0.333 e. The summed E-state index contributed by atoms with van der Waals surface area (Å²) in [4.78, 5) is 9.49. The van der Waals surface area contributed by atoms with Gasteiger partial charge in [0.2, 0.25) is 0 Å². The SMILES string of the molecule is CC1CCCOC1.Nc1cccc(O)c1[N+](=O)[O-]. The number of anilines is 1. The molecular formula is C12H18N2O4. The van der Waals surface area contributed by atoms with Crippen LogP contribution in [-0.2, 0) is 4.74 Å². The average Bonchev–Trinajstić information content (AvgIpc) is 2.30. The van der Waals surface area contributed by atoms with Gasteiger partial charge in [-0.1, -0.05) is 13.0 Å². The molecule has 0 aromatic heterocycles. The van der Waals surface area contributed by atoms with Gasteiger partial charge in [-0.05, 0) is 30.9 Å². The highest BCUT2D eigenvalue weighted by Crippen LogP contribution is 2.30. The van der Waals surface area contributed by atoms with Crippen LogP contribution < -0.4 is 5.73 Å². The van der Waals surface area contributed by atoms with Crippen molar-refractivity contribution in [3.8, 4) is 5.75 Å². The molecule has 6 nitrogen and oxygen atoms in total. The Morgan fingerprint density at radius 2 is 2.28 bits per heavy atom. The van der Waals surface area contributed by atoms with Crippen molar-refractivity contribution in [3.63, 3.8) is 0 Å². The third-order valence-electron chi connectivity index (χ3n) is 2.62. The molecule has 1 aliphatic heterocycles. The molecular weight excluding hydrogens is 236 g/mol. The molecule has 6 heteroatoms. The number of aromatic hydroxyl groups is 1. The first-order valence-corrected chi connectivity index (χ1v) is 5.82. The number of para-hydroxylation sites is 1. The number of phenolic OH excluding ortho intramolecular Hbond substituents is 1. The van der Waals surface area contributed by atoms with Crippen molar-refractivity contribution < 1.29 is 14.8 Å². The Morgan fingerprint density at radius 1 is 1.56 bits per heavy atom. The van der Waals surface area contributed by atoms with Crippen LogP contribution in [0.1, 0.15) is 19.8 Å². The third kappa shape index (κ3) is 4.21. The van der Waals surface area contributed by atoms with E-state index in [2.05, 4.69) is 6.92 Å². The molecule has 0 amide bonds. The summed E-state index contributed by atoms with van der Waals surface area (Å²) >= 11 is 0. The van der Waals surface area contributed by atoms with E-state index < -0.39 is 16.4 Å². The molecule has 1 aliphatic rings. The summed E-state index contributed by atoms with van der Waals surface area (Å²) in [5.74, 6) is 0.406. The highest BCUT2D eigenvalue weighted by Gasteiger charge is 2.15. The average molecular weight is 254 g/mol. The summed E-state index contributed by atoms with van der Waals surface area (Å²) in [6.07, 6.45) is 2.63. The van der Waals surface area contributed by atoms with E-state index in [0.29, 0.717) is 0 Å². The predicted octanol–water partition coefficient (Wildman–Crippen LogP) is 2.32. The lowest BCUT2D eigenvalue weighted by molar-refractivity contribution is -0.384. The molecule has 0 bridgehead atoms. The third-order valence-corrected chi connectivity index (χ3v) is 2.62. The normalized spacial score (nSPS) is 18.6. The molecule has 1 fully saturated rings. The van der Waals surface area contributed by atoms with Crippen molar-refractivity contribution in [3.05, 3.63) is 28.3 Å². The largest absolute Gasteiger partial charge is 0.502 e. The Balaban J connectivity index is 0.000000199. The maximum absolute atomic E-state index is 10.2. The molecule has 0 radical (unpaired) electrons. The van der Waals surface area contributed by atoms with Crippen molar-refractivity contribution in [2.45, 2.75) is 19.8 Å². The molecule has 1 heterocycles. The van der Waals surface area contributed by atoms with Crippen LogP contribution in [0.5, 0.6) is 5.75 Å². The molecule has 18 heavy (non-hydrogen) atoms. The molecule has 0 aliphatic carbocycles. The number of rotatable bonds is 1. The number of hydrogen-bond acceptors (Lipinski definition) is 5. The van der Waals surface area contributed by atoms with E-state index in [1.807, 2.05) is 0 Å². The fourth-order valence-electron chi connectivity index (χ4n) is 1.65. The maximum atomic E-state index is 10.2. The second-order valence-electron chi connectivity index (χ2n) is 4.29. The van der Waals surface area contributed by atoms with Crippen LogP contribution in [0.2, 0.25) is 0 Å². The number of hydrogen-bond donors (Lipinski definition) is 2. The lowest BCUT2D eigenvalue weighted by atomic mass is 10.1. The predicted molar refractivity (Wildman–Crippen MR) is 68.4 cm³/mol. The number of nitrogen functional groups attached to an aromatic ring is 1. The first-order valence-electron chi connectivity index (χ1n) is 5.82. The van der Waals surface area contributed by atoms with E-state index in [1.54, 1.807) is 0 Å². The van der Waals surface area contributed by atoms with Gasteiger partial charge in [0, 0.05) is 13.2 Å². The molecule has 0 saturated carbocycles. The van der Waals surface area contributed by atoms with E-state index in [9.17, 15) is 10.1 Å². The molecule has 2 rings (SSSR count). The van der Waals surface area contributed by atoms with Gasteiger partial charge >= 0.3 is 5.69 Å². The summed E-state index contributed by atoms with van der Waals surface area (Å²) in [5.41, 5.74) is 4.75. The van der Waals surface area contributed by atoms with Gasteiger partial charge in [0.15, 0.2) is 5.75 Å². The number of ether oxygens (including phenoxy) is 1. The number of phenols is 1. The van der Waals surface area contributed by atoms with Gasteiger partial charge < -0.3 is 15.6 Å². The van der Waals surface area contributed by atoms with Crippen LogP contribution in [0.3, 0.4) is 0 Å². The van der Waals surface area contributed by atoms with Gasteiger partial charge in [0.25, 0.3) is 0 Å². The molecule has 3 N–H and O–H groups in total. The van der Waals surface area contributed by atoms with Gasteiger partial charge in [-0.15, -0.1) is 0 Å². The first kappa shape index (κ1) is 14.2. The number of nitrogens with two attached hydrogens (primary N) is 1. The molecule has 100 valence electrons. The molecule has 1 aromatic rings. The molecule has 0 spiro atoms. The fourth-order valence-corrected chi connectivity index (χ4v) is 1.65. The monoisotopic (exact) mass is 254 g/mol. The van der Waals surface area contributed by atoms with E-state index >= 15 is 0 Å². The molecule has 1 atom stereocenters. The van der Waals surface area contributed by atoms with Crippen LogP contribution in [0, 0.1) is 16.0 Å². The summed E-state index contributed by atoms with van der Waals surface area (Å²) in [6.45, 7) is 4.21. The van der Waals surface area contributed by atoms with Crippen LogP contribution in [0.4, 0.5) is 11.4 Å². The molecule has 1 aromatic carbocycles. The lowest BCUT2D eigenvalue weighted by Gasteiger charge is -2.16. The second-order valence-corrected chi connectivity index (χ2v) is 4.29. The van der Waals surface area contributed by atoms with Crippen molar-refractivity contribution >= 4 is 11.4 Å². The van der Waals surface area contributed by atoms with E-state index in [0.717, 1.165) is 19.1 Å². The zero-order valence-corrected chi connectivity index (χ0v) is 10.3. The van der Waals surface area contributed by atoms with Gasteiger partial charge in [-0.2, -0.15) is 0 Å². The van der Waals surface area contributed by atoms with Crippen LogP contribution in [0.25, 0.3) is 0 Å². The maximum Gasteiger partial charge on any atom is 0.333 e. The van der Waals surface area contributed by atoms with Crippen molar-refractivity contribution in [1.82, 2.24) is 0 Å². The Kier molecular flexibility index (Phi) is 5.38. The summed E-state index contributed by atoms with van der Waals surface area (Å²) in [7, 11) is 0. The first-order chi connectivity index (χ1) is 8.52. The van der Waals surface area contributed by atoms with Gasteiger partial charge in [-0.3, -0.25) is 10.1 Å². The van der Waals surface area contributed by atoms with E-state index in [1.165, 1.54) is 31.0 Å². The van der Waals surface area contributed by atoms with Crippen molar-refractivity contribution in [1.29, 1.82) is 0 Å². The zero-order chi connectivity index (χ0) is 13.5. The van der Waals surface area contributed by atoms with Crippen LogP contribution in [-0.4, -0.2) is 23.2 Å². The highest BCUT2D eigenvalue weighted by atomic mass is 16.6. The zero-order valence-electron chi connectivity index (χ0n) is 10.3. The summed E-state index contributed by atoms with van der Waals surface area (Å²) in [5, 5.41) is 19.1. The molecule has 1 unspecified atom stereocenters. The van der Waals surface area contributed by atoms with Crippen molar-refractivity contribution in [2.75, 3.05) is 18.9 Å². The standard InChI is InChI=1S/C6H6N2O3.C6H12O/c7-4-2-1-3-5(9)6(4)8(10)11;1-6-3-2-4-7-5-6/h1-3,9H,7H2;6H,2-5H2,1H3. The van der Waals surface area contributed by atoms with Gasteiger partial charge in [0.05, 0.1) is 4.92 Å². The van der Waals surface area contributed by atoms with Crippen LogP contribution >= 0.6 is 0 Å².